The third kappa shape index (κ3) is 3.25. The summed E-state index contributed by atoms with van der Waals surface area (Å²) in [4.78, 5) is 14.5. The van der Waals surface area contributed by atoms with E-state index in [1.54, 1.807) is 6.07 Å². The third-order valence-corrected chi connectivity index (χ3v) is 3.30. The van der Waals surface area contributed by atoms with Crippen LogP contribution in [0.3, 0.4) is 0 Å². The van der Waals surface area contributed by atoms with Gasteiger partial charge in [0.15, 0.2) is 0 Å². The van der Waals surface area contributed by atoms with Gasteiger partial charge in [0.05, 0.1) is 0 Å². The Morgan fingerprint density at radius 1 is 1.39 bits per heavy atom. The van der Waals surface area contributed by atoms with Gasteiger partial charge in [0, 0.05) is 24.3 Å². The van der Waals surface area contributed by atoms with E-state index in [1.807, 2.05) is 24.0 Å². The van der Waals surface area contributed by atoms with Crippen LogP contribution < -0.4 is 5.73 Å². The van der Waals surface area contributed by atoms with Crippen molar-refractivity contribution in [1.29, 1.82) is 0 Å². The van der Waals surface area contributed by atoms with Gasteiger partial charge in [0.1, 0.15) is 0 Å². The van der Waals surface area contributed by atoms with E-state index in [9.17, 15) is 4.79 Å². The summed E-state index contributed by atoms with van der Waals surface area (Å²) < 4.78 is 0. The zero-order valence-electron chi connectivity index (χ0n) is 11.3. The minimum absolute atomic E-state index is 0.124. The summed E-state index contributed by atoms with van der Waals surface area (Å²) in [6.07, 6.45) is 3.53. The van der Waals surface area contributed by atoms with Gasteiger partial charge in [0.25, 0.3) is 5.91 Å². The molecule has 1 amide bonds. The average molecular weight is 246 g/mol. The van der Waals surface area contributed by atoms with Crippen molar-refractivity contribution in [2.24, 2.45) is 5.92 Å². The summed E-state index contributed by atoms with van der Waals surface area (Å²) in [6, 6.07) is 5.60. The summed E-state index contributed by atoms with van der Waals surface area (Å²) in [5.74, 6) is 0.849. The molecule has 0 aliphatic heterocycles. The zero-order chi connectivity index (χ0) is 13.1. The number of nitrogens with two attached hydrogens (primary N) is 1. The molecule has 0 heterocycles. The minimum atomic E-state index is 0.124. The smallest absolute Gasteiger partial charge is 0.253 e. The third-order valence-electron chi connectivity index (χ3n) is 3.30. The van der Waals surface area contributed by atoms with E-state index in [0.717, 1.165) is 36.6 Å². The lowest BCUT2D eigenvalue weighted by Crippen LogP contribution is -2.33. The molecule has 0 atom stereocenters. The first kappa shape index (κ1) is 12.9. The van der Waals surface area contributed by atoms with Crippen molar-refractivity contribution >= 4 is 11.6 Å². The van der Waals surface area contributed by atoms with Crippen LogP contribution in [0.15, 0.2) is 18.2 Å². The number of nitrogen functional groups attached to an aromatic ring is 1. The molecule has 3 nitrogen and oxygen atoms in total. The number of amides is 1. The summed E-state index contributed by atoms with van der Waals surface area (Å²) in [7, 11) is 0. The highest BCUT2D eigenvalue weighted by molar-refractivity contribution is 5.95. The second-order valence-electron chi connectivity index (χ2n) is 5.33. The molecule has 0 spiro atoms. The number of carbonyl (C=O) groups is 1. The fourth-order valence-corrected chi connectivity index (χ4v) is 2.28. The maximum absolute atomic E-state index is 12.5. The van der Waals surface area contributed by atoms with Crippen molar-refractivity contribution in [1.82, 2.24) is 4.90 Å². The Labute approximate surface area is 109 Å². The van der Waals surface area contributed by atoms with Crippen LogP contribution in [0.4, 0.5) is 5.69 Å². The highest BCUT2D eigenvalue weighted by Gasteiger charge is 2.26. The Hall–Kier alpha value is -1.51. The quantitative estimate of drug-likeness (QED) is 0.812. The molecule has 1 aliphatic rings. The Kier molecular flexibility index (Phi) is 3.90. The van der Waals surface area contributed by atoms with Gasteiger partial charge < -0.3 is 10.6 Å². The minimum Gasteiger partial charge on any atom is -0.399 e. The predicted octanol–water partition coefficient (Wildman–Crippen LogP) is 2.84. The molecule has 0 aromatic heterocycles. The van der Waals surface area contributed by atoms with Crippen LogP contribution in [0.1, 0.15) is 42.1 Å². The van der Waals surface area contributed by atoms with Crippen molar-refractivity contribution in [3.8, 4) is 0 Å². The van der Waals surface area contributed by atoms with Crippen LogP contribution >= 0.6 is 0 Å². The molecule has 18 heavy (non-hydrogen) atoms. The second-order valence-corrected chi connectivity index (χ2v) is 5.33. The highest BCUT2D eigenvalue weighted by atomic mass is 16.2. The number of benzene rings is 1. The van der Waals surface area contributed by atoms with Crippen LogP contribution in [0.25, 0.3) is 0 Å². The first-order valence-corrected chi connectivity index (χ1v) is 6.76. The van der Waals surface area contributed by atoms with Crippen molar-refractivity contribution in [3.05, 3.63) is 29.3 Å². The van der Waals surface area contributed by atoms with Gasteiger partial charge in [-0.05, 0) is 55.9 Å². The van der Waals surface area contributed by atoms with Gasteiger partial charge in [-0.1, -0.05) is 6.92 Å². The highest BCUT2D eigenvalue weighted by Crippen LogP contribution is 2.30. The monoisotopic (exact) mass is 246 g/mol. The predicted molar refractivity (Wildman–Crippen MR) is 74.5 cm³/mol. The molecule has 98 valence electrons. The van der Waals surface area contributed by atoms with Crippen molar-refractivity contribution in [2.45, 2.75) is 33.1 Å². The van der Waals surface area contributed by atoms with Crippen molar-refractivity contribution in [2.75, 3.05) is 18.8 Å². The molecular weight excluding hydrogens is 224 g/mol. The van der Waals surface area contributed by atoms with Crippen LogP contribution in [0.5, 0.6) is 0 Å². The first-order chi connectivity index (χ1) is 8.60. The number of hydrogen-bond donors (Lipinski definition) is 1. The Balaban J connectivity index is 2.14. The second kappa shape index (κ2) is 5.42. The molecule has 0 bridgehead atoms. The number of rotatable bonds is 5. The Morgan fingerprint density at radius 3 is 2.67 bits per heavy atom. The lowest BCUT2D eigenvalue weighted by atomic mass is 10.1. The molecule has 2 rings (SSSR count). The molecule has 1 aromatic carbocycles. The topological polar surface area (TPSA) is 46.3 Å². The largest absolute Gasteiger partial charge is 0.399 e. The molecule has 0 saturated heterocycles. The standard InChI is InChI=1S/C15H22N2O/c1-3-6-17(10-12-4-5-12)15(18)13-7-11(2)8-14(16)9-13/h7-9,12H,3-6,10,16H2,1-2H3. The van der Waals surface area contributed by atoms with Gasteiger partial charge in [-0.25, -0.2) is 0 Å². The van der Waals surface area contributed by atoms with E-state index < -0.39 is 0 Å². The molecule has 0 radical (unpaired) electrons. The van der Waals surface area contributed by atoms with Crippen molar-refractivity contribution in [3.63, 3.8) is 0 Å². The molecule has 1 fully saturated rings. The van der Waals surface area contributed by atoms with E-state index in [1.165, 1.54) is 12.8 Å². The van der Waals surface area contributed by atoms with Crippen LogP contribution in [-0.2, 0) is 0 Å². The van der Waals surface area contributed by atoms with Gasteiger partial charge in [-0.15, -0.1) is 0 Å². The van der Waals surface area contributed by atoms with E-state index in [4.69, 9.17) is 5.73 Å². The molecule has 3 heteroatoms. The number of hydrogen-bond acceptors (Lipinski definition) is 2. The van der Waals surface area contributed by atoms with Crippen LogP contribution in [0, 0.1) is 12.8 Å². The van der Waals surface area contributed by atoms with Crippen LogP contribution in [-0.4, -0.2) is 23.9 Å². The summed E-state index contributed by atoms with van der Waals surface area (Å²) >= 11 is 0. The van der Waals surface area contributed by atoms with Crippen LogP contribution in [0.2, 0.25) is 0 Å². The van der Waals surface area contributed by atoms with E-state index in [2.05, 4.69) is 6.92 Å². The van der Waals surface area contributed by atoms with E-state index in [-0.39, 0.29) is 5.91 Å². The lowest BCUT2D eigenvalue weighted by Gasteiger charge is -2.22. The molecular formula is C15H22N2O. The molecule has 0 unspecified atom stereocenters. The van der Waals surface area contributed by atoms with Gasteiger partial charge in [-0.2, -0.15) is 0 Å². The summed E-state index contributed by atoms with van der Waals surface area (Å²) in [5.41, 5.74) is 8.25. The number of anilines is 1. The zero-order valence-corrected chi connectivity index (χ0v) is 11.3. The maximum Gasteiger partial charge on any atom is 0.253 e. The molecule has 2 N–H and O–H groups in total. The lowest BCUT2D eigenvalue weighted by molar-refractivity contribution is 0.0747. The van der Waals surface area contributed by atoms with Gasteiger partial charge >= 0.3 is 0 Å². The average Bonchev–Trinajstić information content (AvgIpc) is 3.10. The number of carbonyl (C=O) groups excluding carboxylic acids is 1. The fourth-order valence-electron chi connectivity index (χ4n) is 2.28. The van der Waals surface area contributed by atoms with Crippen molar-refractivity contribution < 1.29 is 4.79 Å². The number of aryl methyl sites for hydroxylation is 1. The SMILES string of the molecule is CCCN(CC1CC1)C(=O)c1cc(C)cc(N)c1. The molecule has 1 saturated carbocycles. The Morgan fingerprint density at radius 2 is 2.11 bits per heavy atom. The molecule has 1 aromatic rings. The first-order valence-electron chi connectivity index (χ1n) is 6.76. The Bertz CT molecular complexity index is 418. The van der Waals surface area contributed by atoms with Gasteiger partial charge in [0.2, 0.25) is 0 Å². The summed E-state index contributed by atoms with van der Waals surface area (Å²) in [6.45, 7) is 5.82. The number of nitrogens with zero attached hydrogens (tertiary/aromatic N) is 1. The molecule has 1 aliphatic carbocycles. The maximum atomic E-state index is 12.5. The fraction of sp³-hybridized carbons (Fsp3) is 0.533. The van der Waals surface area contributed by atoms with E-state index in [0.29, 0.717) is 5.69 Å². The van der Waals surface area contributed by atoms with Gasteiger partial charge in [-0.3, -0.25) is 4.79 Å². The summed E-state index contributed by atoms with van der Waals surface area (Å²) in [5, 5.41) is 0. The normalized spacial score (nSPS) is 14.6. The van der Waals surface area contributed by atoms with E-state index >= 15 is 0 Å².